The van der Waals surface area contributed by atoms with Crippen molar-refractivity contribution in [1.29, 1.82) is 0 Å². The average molecular weight is 363 g/mol. The Hall–Kier alpha value is -3.63. The van der Waals surface area contributed by atoms with Gasteiger partial charge >= 0.3 is 6.18 Å². The van der Waals surface area contributed by atoms with Gasteiger partial charge in [-0.25, -0.2) is 4.98 Å². The molecule has 1 aliphatic rings. The van der Waals surface area contributed by atoms with Crippen molar-refractivity contribution in [3.05, 3.63) is 51.6 Å². The van der Waals surface area contributed by atoms with Gasteiger partial charge in [0.15, 0.2) is 0 Å². The number of aromatic amines is 1. The number of imidazole rings is 1. The standard InChI is InChI=1S/C15H8F3N5O3/c16-15(17,18)14-20-6-2-1-3-7(10(6)21-14)23-8(24)4-5-9(11(23)19)13(26)22-12(5)25/h1-4H,19H2,(H,20,21)(H,22,25,26). The minimum atomic E-state index is -4.71. The fourth-order valence-electron chi connectivity index (χ4n) is 2.86. The minimum absolute atomic E-state index is 0.0298. The van der Waals surface area contributed by atoms with E-state index in [1.807, 2.05) is 5.32 Å². The first-order valence-corrected chi connectivity index (χ1v) is 7.16. The number of nitrogens with two attached hydrogens (primary N) is 1. The number of H-pyrrole nitrogens is 1. The fraction of sp³-hybridized carbons (Fsp3) is 0.0667. The van der Waals surface area contributed by atoms with Crippen LogP contribution in [-0.4, -0.2) is 26.3 Å². The Balaban J connectivity index is 2.05. The van der Waals surface area contributed by atoms with E-state index in [9.17, 15) is 27.6 Å². The number of hydrogen-bond acceptors (Lipinski definition) is 5. The molecule has 0 saturated carbocycles. The zero-order valence-corrected chi connectivity index (χ0v) is 12.6. The van der Waals surface area contributed by atoms with E-state index in [4.69, 9.17) is 5.73 Å². The molecule has 0 bridgehead atoms. The van der Waals surface area contributed by atoms with Gasteiger partial charge in [-0.2, -0.15) is 13.2 Å². The number of carbonyl (C=O) groups is 2. The number of nitrogens with zero attached hydrogens (tertiary/aromatic N) is 2. The molecule has 11 heteroatoms. The van der Waals surface area contributed by atoms with Crippen molar-refractivity contribution in [2.75, 3.05) is 5.73 Å². The fourth-order valence-corrected chi connectivity index (χ4v) is 2.86. The molecule has 0 radical (unpaired) electrons. The van der Waals surface area contributed by atoms with Crippen molar-refractivity contribution in [2.45, 2.75) is 6.18 Å². The van der Waals surface area contributed by atoms with Crippen LogP contribution in [0.4, 0.5) is 19.0 Å². The van der Waals surface area contributed by atoms with Crippen molar-refractivity contribution in [2.24, 2.45) is 0 Å². The highest BCUT2D eigenvalue weighted by molar-refractivity contribution is 6.23. The number of halogens is 3. The number of hydrogen-bond donors (Lipinski definition) is 3. The number of pyridine rings is 1. The van der Waals surface area contributed by atoms with E-state index in [0.29, 0.717) is 0 Å². The lowest BCUT2D eigenvalue weighted by Crippen LogP contribution is -2.24. The molecule has 1 aromatic carbocycles. The van der Waals surface area contributed by atoms with Crippen LogP contribution in [0.2, 0.25) is 0 Å². The highest BCUT2D eigenvalue weighted by atomic mass is 19.4. The number of alkyl halides is 3. The second-order valence-corrected chi connectivity index (χ2v) is 5.53. The van der Waals surface area contributed by atoms with Crippen LogP contribution in [-0.2, 0) is 6.18 Å². The van der Waals surface area contributed by atoms with E-state index in [1.54, 1.807) is 0 Å². The van der Waals surface area contributed by atoms with E-state index in [2.05, 4.69) is 9.97 Å². The van der Waals surface area contributed by atoms with Gasteiger partial charge in [0.2, 0.25) is 5.82 Å². The number of fused-ring (bicyclic) bond motifs is 2. The van der Waals surface area contributed by atoms with E-state index in [-0.39, 0.29) is 33.7 Å². The Labute approximate surface area is 141 Å². The summed E-state index contributed by atoms with van der Waals surface area (Å²) >= 11 is 0. The van der Waals surface area contributed by atoms with Crippen LogP contribution < -0.4 is 16.6 Å². The number of rotatable bonds is 1. The van der Waals surface area contributed by atoms with Gasteiger partial charge in [0.05, 0.1) is 22.3 Å². The summed E-state index contributed by atoms with van der Waals surface area (Å²) < 4.78 is 39.6. The molecule has 3 aromatic rings. The normalized spacial score (nSPS) is 14.0. The third kappa shape index (κ3) is 2.10. The number of anilines is 1. The molecule has 0 fully saturated rings. The third-order valence-corrected chi connectivity index (χ3v) is 3.95. The molecule has 0 saturated heterocycles. The molecule has 1 aliphatic heterocycles. The second kappa shape index (κ2) is 4.94. The molecule has 4 N–H and O–H groups in total. The van der Waals surface area contributed by atoms with Gasteiger partial charge in [-0.15, -0.1) is 0 Å². The minimum Gasteiger partial charge on any atom is -0.384 e. The highest BCUT2D eigenvalue weighted by Gasteiger charge is 2.36. The molecule has 2 aromatic heterocycles. The average Bonchev–Trinajstić information content (AvgIpc) is 3.09. The lowest BCUT2D eigenvalue weighted by Gasteiger charge is -2.12. The summed E-state index contributed by atoms with van der Waals surface area (Å²) in [6.07, 6.45) is -4.71. The summed E-state index contributed by atoms with van der Waals surface area (Å²) in [6, 6.07) is 5.00. The zero-order chi connectivity index (χ0) is 18.8. The molecule has 0 unspecified atom stereocenters. The van der Waals surface area contributed by atoms with Gasteiger partial charge in [0.25, 0.3) is 17.4 Å². The van der Waals surface area contributed by atoms with Crippen molar-refractivity contribution >= 4 is 28.7 Å². The number of imide groups is 1. The first-order valence-electron chi connectivity index (χ1n) is 7.16. The number of carbonyl (C=O) groups excluding carboxylic acids is 2. The summed E-state index contributed by atoms with van der Waals surface area (Å²) in [5.74, 6) is -3.15. The van der Waals surface area contributed by atoms with Crippen LogP contribution in [0.15, 0.2) is 29.1 Å². The van der Waals surface area contributed by atoms with Gasteiger partial charge in [0.1, 0.15) is 11.3 Å². The maximum absolute atomic E-state index is 12.9. The molecule has 0 atom stereocenters. The van der Waals surface area contributed by atoms with Crippen LogP contribution in [0.25, 0.3) is 16.7 Å². The van der Waals surface area contributed by atoms with Crippen LogP contribution in [0.5, 0.6) is 0 Å². The van der Waals surface area contributed by atoms with Crippen LogP contribution in [0.3, 0.4) is 0 Å². The molecule has 3 heterocycles. The van der Waals surface area contributed by atoms with Crippen LogP contribution in [0, 0.1) is 0 Å². The molecular formula is C15H8F3N5O3. The van der Waals surface area contributed by atoms with Crippen LogP contribution >= 0.6 is 0 Å². The Morgan fingerprint density at radius 1 is 1.12 bits per heavy atom. The predicted octanol–water partition coefficient (Wildman–Crippen LogP) is 1.20. The topological polar surface area (TPSA) is 123 Å². The van der Waals surface area contributed by atoms with Gasteiger partial charge in [0, 0.05) is 6.07 Å². The van der Waals surface area contributed by atoms with Crippen molar-refractivity contribution in [1.82, 2.24) is 19.9 Å². The molecule has 2 amide bonds. The number of nitrogens with one attached hydrogen (secondary N) is 2. The molecule has 132 valence electrons. The highest BCUT2D eigenvalue weighted by Crippen LogP contribution is 2.31. The maximum Gasteiger partial charge on any atom is 0.449 e. The first-order chi connectivity index (χ1) is 12.2. The lowest BCUT2D eigenvalue weighted by molar-refractivity contribution is -0.144. The Kier molecular flexibility index (Phi) is 3.02. The molecule has 0 spiro atoms. The summed E-state index contributed by atoms with van der Waals surface area (Å²) in [7, 11) is 0. The van der Waals surface area contributed by atoms with Crippen molar-refractivity contribution in [3.63, 3.8) is 0 Å². The molecular weight excluding hydrogens is 355 g/mol. The third-order valence-electron chi connectivity index (χ3n) is 3.95. The Morgan fingerprint density at radius 3 is 2.54 bits per heavy atom. The predicted molar refractivity (Wildman–Crippen MR) is 82.9 cm³/mol. The summed E-state index contributed by atoms with van der Waals surface area (Å²) in [6.45, 7) is 0. The first kappa shape index (κ1) is 15.9. The quantitative estimate of drug-likeness (QED) is 0.561. The molecule has 0 aliphatic carbocycles. The second-order valence-electron chi connectivity index (χ2n) is 5.53. The van der Waals surface area contributed by atoms with Gasteiger partial charge in [-0.05, 0) is 12.1 Å². The van der Waals surface area contributed by atoms with Crippen LogP contribution in [0.1, 0.15) is 26.5 Å². The van der Waals surface area contributed by atoms with E-state index < -0.39 is 29.4 Å². The van der Waals surface area contributed by atoms with E-state index in [1.165, 1.54) is 18.2 Å². The SMILES string of the molecule is Nc1c2c(cc(=O)n1-c1cccc3[nH]c(C(F)(F)F)nc13)C(=O)NC2=O. The number of aromatic nitrogens is 3. The largest absolute Gasteiger partial charge is 0.449 e. The summed E-state index contributed by atoms with van der Waals surface area (Å²) in [5.41, 5.74) is 4.55. The van der Waals surface area contributed by atoms with Crippen molar-refractivity contribution in [3.8, 4) is 5.69 Å². The van der Waals surface area contributed by atoms with Gasteiger partial charge in [-0.1, -0.05) is 6.07 Å². The summed E-state index contributed by atoms with van der Waals surface area (Å²) in [4.78, 5) is 41.6. The number of benzene rings is 1. The van der Waals surface area contributed by atoms with Gasteiger partial charge < -0.3 is 10.7 Å². The zero-order valence-electron chi connectivity index (χ0n) is 12.6. The number of para-hydroxylation sites is 1. The monoisotopic (exact) mass is 363 g/mol. The Bertz CT molecular complexity index is 1180. The number of nitrogen functional groups attached to an aromatic ring is 1. The molecule has 8 nitrogen and oxygen atoms in total. The van der Waals surface area contributed by atoms with Gasteiger partial charge in [-0.3, -0.25) is 24.3 Å². The molecule has 26 heavy (non-hydrogen) atoms. The van der Waals surface area contributed by atoms with E-state index in [0.717, 1.165) is 10.6 Å². The lowest BCUT2D eigenvalue weighted by atomic mass is 10.1. The van der Waals surface area contributed by atoms with E-state index >= 15 is 0 Å². The Morgan fingerprint density at radius 2 is 1.85 bits per heavy atom. The molecule has 4 rings (SSSR count). The van der Waals surface area contributed by atoms with Crippen molar-refractivity contribution < 1.29 is 22.8 Å². The number of amides is 2. The summed E-state index contributed by atoms with van der Waals surface area (Å²) in [5, 5.41) is 2.01. The maximum atomic E-state index is 12.9. The smallest absolute Gasteiger partial charge is 0.384 e.